The molecule has 0 aliphatic carbocycles. The second kappa shape index (κ2) is 7.63. The lowest BCUT2D eigenvalue weighted by Crippen LogP contribution is -2.41. The zero-order valence-electron chi connectivity index (χ0n) is 16.1. The molecule has 2 aromatic carbocycles. The summed E-state index contributed by atoms with van der Waals surface area (Å²) in [5, 5.41) is 0.888. The van der Waals surface area contributed by atoms with E-state index in [0.717, 1.165) is 22.1 Å². The maximum atomic E-state index is 13.2. The van der Waals surface area contributed by atoms with Crippen LogP contribution in [0.5, 0.6) is 0 Å². The van der Waals surface area contributed by atoms with Crippen LogP contribution in [0.15, 0.2) is 53.1 Å². The van der Waals surface area contributed by atoms with E-state index >= 15 is 0 Å². The number of furan rings is 1. The first-order chi connectivity index (χ1) is 13.8. The molecule has 7 heteroatoms. The van der Waals surface area contributed by atoms with Gasteiger partial charge in [-0.3, -0.25) is 4.79 Å². The number of aryl methyl sites for hydroxylation is 1. The largest absolute Gasteiger partial charge is 0.464 e. The summed E-state index contributed by atoms with van der Waals surface area (Å²) in [5.74, 6) is -0.472. The van der Waals surface area contributed by atoms with Gasteiger partial charge >= 0.3 is 0 Å². The number of amides is 1. The van der Waals surface area contributed by atoms with E-state index in [9.17, 15) is 17.6 Å². The number of hydrogen-bond donors (Lipinski definition) is 0. The first-order valence-electron chi connectivity index (χ1n) is 9.52. The molecule has 0 radical (unpaired) electrons. The second-order valence-corrected chi connectivity index (χ2v) is 9.87. The van der Waals surface area contributed by atoms with Crippen molar-refractivity contribution in [3.8, 4) is 0 Å². The Balaban J connectivity index is 1.61. The third kappa shape index (κ3) is 4.34. The zero-order valence-corrected chi connectivity index (χ0v) is 16.9. The molecule has 1 fully saturated rings. The fraction of sp³-hybridized carbons (Fsp3) is 0.318. The molecular formula is C22H22FNO4S. The van der Waals surface area contributed by atoms with Gasteiger partial charge < -0.3 is 9.32 Å². The number of rotatable bonds is 5. The molecule has 3 aromatic rings. The average Bonchev–Trinajstić information content (AvgIpc) is 3.23. The van der Waals surface area contributed by atoms with E-state index in [-0.39, 0.29) is 42.2 Å². The van der Waals surface area contributed by atoms with Gasteiger partial charge in [0.2, 0.25) is 5.91 Å². The highest BCUT2D eigenvalue weighted by molar-refractivity contribution is 7.91. The van der Waals surface area contributed by atoms with Crippen LogP contribution in [0.1, 0.15) is 23.1 Å². The summed E-state index contributed by atoms with van der Waals surface area (Å²) < 4.78 is 42.8. The molecule has 4 rings (SSSR count). The molecule has 5 nitrogen and oxygen atoms in total. The number of halogens is 1. The zero-order chi connectivity index (χ0) is 20.6. The van der Waals surface area contributed by atoms with Gasteiger partial charge in [-0.2, -0.15) is 0 Å². The van der Waals surface area contributed by atoms with Crippen molar-refractivity contribution in [1.82, 2.24) is 4.90 Å². The first-order valence-corrected chi connectivity index (χ1v) is 11.3. The fourth-order valence-corrected chi connectivity index (χ4v) is 5.56. The Morgan fingerprint density at radius 3 is 2.66 bits per heavy atom. The van der Waals surface area contributed by atoms with Crippen LogP contribution >= 0.6 is 0 Å². The highest BCUT2D eigenvalue weighted by Gasteiger charge is 2.34. The Morgan fingerprint density at radius 1 is 1.21 bits per heavy atom. The smallest absolute Gasteiger partial charge is 0.227 e. The quantitative estimate of drug-likeness (QED) is 0.638. The number of carbonyl (C=O) groups is 1. The van der Waals surface area contributed by atoms with Crippen molar-refractivity contribution in [3.63, 3.8) is 0 Å². The molecule has 1 amide bonds. The molecule has 0 unspecified atom stereocenters. The minimum Gasteiger partial charge on any atom is -0.464 e. The summed E-state index contributed by atoms with van der Waals surface area (Å²) in [4.78, 5) is 14.8. The normalized spacial score (nSPS) is 18.2. The maximum absolute atomic E-state index is 13.2. The number of benzene rings is 2. The molecule has 0 saturated carbocycles. The van der Waals surface area contributed by atoms with Crippen molar-refractivity contribution in [2.75, 3.05) is 11.5 Å². The summed E-state index contributed by atoms with van der Waals surface area (Å²) in [6, 6.07) is 11.3. The van der Waals surface area contributed by atoms with Gasteiger partial charge in [0.05, 0.1) is 24.2 Å². The van der Waals surface area contributed by atoms with E-state index in [1.54, 1.807) is 23.3 Å². The van der Waals surface area contributed by atoms with Crippen molar-refractivity contribution in [1.29, 1.82) is 0 Å². The van der Waals surface area contributed by atoms with Crippen LogP contribution in [0, 0.1) is 12.7 Å². The summed E-state index contributed by atoms with van der Waals surface area (Å²) in [7, 11) is -3.15. The van der Waals surface area contributed by atoms with Gasteiger partial charge in [-0.05, 0) is 43.2 Å². The number of nitrogens with zero attached hydrogens (tertiary/aromatic N) is 1. The minimum atomic E-state index is -3.15. The van der Waals surface area contributed by atoms with Crippen molar-refractivity contribution < 1.29 is 22.0 Å². The van der Waals surface area contributed by atoms with E-state index in [0.29, 0.717) is 12.0 Å². The van der Waals surface area contributed by atoms with Crippen LogP contribution in [0.2, 0.25) is 0 Å². The van der Waals surface area contributed by atoms with Crippen molar-refractivity contribution >= 4 is 26.7 Å². The molecule has 1 aliphatic heterocycles. The Morgan fingerprint density at radius 2 is 1.97 bits per heavy atom. The number of sulfone groups is 1. The molecule has 1 saturated heterocycles. The van der Waals surface area contributed by atoms with Crippen LogP contribution in [0.4, 0.5) is 4.39 Å². The Hall–Kier alpha value is -2.67. The molecule has 2 heterocycles. The molecular weight excluding hydrogens is 393 g/mol. The van der Waals surface area contributed by atoms with Crippen LogP contribution in [-0.2, 0) is 27.6 Å². The lowest BCUT2D eigenvalue weighted by atomic mass is 10.1. The molecule has 152 valence electrons. The average molecular weight is 415 g/mol. The van der Waals surface area contributed by atoms with E-state index in [1.807, 2.05) is 25.1 Å². The molecule has 29 heavy (non-hydrogen) atoms. The Bertz CT molecular complexity index is 1150. The standard InChI is InChI=1S/C22H22FNO4S/c1-15-2-7-21-20(10-15)17(13-28-21)11-22(25)24(19-8-9-29(26,27)14-19)12-16-3-5-18(23)6-4-16/h2-7,10,13,19H,8-9,11-12,14H2,1H3/t19-/m1/s1. The van der Waals surface area contributed by atoms with Crippen LogP contribution < -0.4 is 0 Å². The van der Waals surface area contributed by atoms with E-state index in [1.165, 1.54) is 12.1 Å². The molecule has 1 aromatic heterocycles. The van der Waals surface area contributed by atoms with Crippen LogP contribution in [-0.4, -0.2) is 36.8 Å². The lowest BCUT2D eigenvalue weighted by molar-refractivity contribution is -0.133. The van der Waals surface area contributed by atoms with Gasteiger partial charge in [0.15, 0.2) is 9.84 Å². The van der Waals surface area contributed by atoms with Gasteiger partial charge in [-0.25, -0.2) is 12.8 Å². The monoisotopic (exact) mass is 415 g/mol. The summed E-state index contributed by atoms with van der Waals surface area (Å²) in [5.41, 5.74) is 3.32. The lowest BCUT2D eigenvalue weighted by Gasteiger charge is -2.28. The number of fused-ring (bicyclic) bond motifs is 1. The first kappa shape index (κ1) is 19.6. The van der Waals surface area contributed by atoms with E-state index in [2.05, 4.69) is 0 Å². The molecule has 0 bridgehead atoms. The number of hydrogen-bond acceptors (Lipinski definition) is 4. The molecule has 0 spiro atoms. The van der Waals surface area contributed by atoms with Crippen LogP contribution in [0.25, 0.3) is 11.0 Å². The third-order valence-electron chi connectivity index (χ3n) is 5.39. The Kier molecular flexibility index (Phi) is 5.17. The molecule has 0 N–H and O–H groups in total. The summed E-state index contributed by atoms with van der Waals surface area (Å²) in [6.45, 7) is 2.22. The van der Waals surface area contributed by atoms with Gasteiger partial charge in [-0.1, -0.05) is 23.8 Å². The van der Waals surface area contributed by atoms with Crippen LogP contribution in [0.3, 0.4) is 0 Å². The summed E-state index contributed by atoms with van der Waals surface area (Å²) in [6.07, 6.45) is 2.12. The topological polar surface area (TPSA) is 67.6 Å². The van der Waals surface area contributed by atoms with Gasteiger partial charge in [0, 0.05) is 23.5 Å². The SMILES string of the molecule is Cc1ccc2occ(CC(=O)N(Cc3ccc(F)cc3)[C@@H]3CCS(=O)(=O)C3)c2c1. The van der Waals surface area contributed by atoms with E-state index < -0.39 is 9.84 Å². The van der Waals surface area contributed by atoms with Gasteiger partial charge in [0.1, 0.15) is 11.4 Å². The molecule has 1 atom stereocenters. The highest BCUT2D eigenvalue weighted by atomic mass is 32.2. The van der Waals surface area contributed by atoms with E-state index in [4.69, 9.17) is 4.42 Å². The fourth-order valence-electron chi connectivity index (χ4n) is 3.83. The predicted molar refractivity (Wildman–Crippen MR) is 109 cm³/mol. The predicted octanol–water partition coefficient (Wildman–Crippen LogP) is 3.64. The third-order valence-corrected chi connectivity index (χ3v) is 7.14. The summed E-state index contributed by atoms with van der Waals surface area (Å²) >= 11 is 0. The van der Waals surface area contributed by atoms with Gasteiger partial charge in [-0.15, -0.1) is 0 Å². The van der Waals surface area contributed by atoms with Crippen molar-refractivity contribution in [2.45, 2.75) is 32.4 Å². The minimum absolute atomic E-state index is 0.0365. The molecule has 1 aliphatic rings. The number of carbonyl (C=O) groups excluding carboxylic acids is 1. The second-order valence-electron chi connectivity index (χ2n) is 7.64. The highest BCUT2D eigenvalue weighted by Crippen LogP contribution is 2.26. The maximum Gasteiger partial charge on any atom is 0.227 e. The Labute approximate surface area is 169 Å². The van der Waals surface area contributed by atoms with Crippen molar-refractivity contribution in [3.05, 3.63) is 71.2 Å². The van der Waals surface area contributed by atoms with Crippen molar-refractivity contribution in [2.24, 2.45) is 0 Å². The van der Waals surface area contributed by atoms with Gasteiger partial charge in [0.25, 0.3) is 0 Å².